The number of ketones is 1. The molecule has 0 saturated heterocycles. The van der Waals surface area contributed by atoms with Gasteiger partial charge in [-0.25, -0.2) is 0 Å². The summed E-state index contributed by atoms with van der Waals surface area (Å²) in [6.07, 6.45) is 3.63. The summed E-state index contributed by atoms with van der Waals surface area (Å²) in [5.41, 5.74) is 0. The molecule has 21 heavy (non-hydrogen) atoms. The minimum Gasteiger partial charge on any atom is -0.380 e. The van der Waals surface area contributed by atoms with Crippen molar-refractivity contribution < 1.29 is 23.9 Å². The molecule has 1 aliphatic rings. The van der Waals surface area contributed by atoms with Crippen LogP contribution >= 0.6 is 0 Å². The highest BCUT2D eigenvalue weighted by Crippen LogP contribution is 2.03. The van der Waals surface area contributed by atoms with E-state index in [0.717, 1.165) is 4.90 Å². The van der Waals surface area contributed by atoms with Gasteiger partial charge < -0.3 is 14.8 Å². The van der Waals surface area contributed by atoms with Gasteiger partial charge in [-0.3, -0.25) is 19.3 Å². The van der Waals surface area contributed by atoms with Crippen molar-refractivity contribution in [3.63, 3.8) is 0 Å². The van der Waals surface area contributed by atoms with Crippen molar-refractivity contribution in [2.75, 3.05) is 26.3 Å². The molecule has 0 radical (unpaired) electrons. The summed E-state index contributed by atoms with van der Waals surface area (Å²) in [7, 11) is 0. The highest BCUT2D eigenvalue weighted by atomic mass is 16.5. The molecule has 0 aromatic carbocycles. The SMILES string of the molecule is CC(=O)CCCOCCNC(=O)CCN1C(=O)C=CC1=O. The van der Waals surface area contributed by atoms with Crippen LogP contribution in [0.3, 0.4) is 0 Å². The van der Waals surface area contributed by atoms with Gasteiger partial charge in [-0.2, -0.15) is 0 Å². The number of carbonyl (C=O) groups excluding carboxylic acids is 4. The van der Waals surface area contributed by atoms with Crippen LogP contribution in [0.25, 0.3) is 0 Å². The number of amides is 3. The molecule has 0 fully saturated rings. The Kier molecular flexibility index (Phi) is 7.31. The van der Waals surface area contributed by atoms with Crippen LogP contribution in [-0.4, -0.2) is 54.7 Å². The van der Waals surface area contributed by atoms with Crippen LogP contribution in [0.1, 0.15) is 26.2 Å². The van der Waals surface area contributed by atoms with Gasteiger partial charge in [0.2, 0.25) is 5.91 Å². The fourth-order valence-corrected chi connectivity index (χ4v) is 1.74. The van der Waals surface area contributed by atoms with Gasteiger partial charge in [-0.1, -0.05) is 0 Å². The first-order chi connectivity index (χ1) is 10.0. The van der Waals surface area contributed by atoms with E-state index in [1.54, 1.807) is 0 Å². The third kappa shape index (κ3) is 6.80. The van der Waals surface area contributed by atoms with Crippen molar-refractivity contribution in [3.8, 4) is 0 Å². The average molecular weight is 296 g/mol. The monoisotopic (exact) mass is 296 g/mol. The molecule has 1 aliphatic heterocycles. The number of Topliss-reactive ketones (excluding diaryl/α,β-unsaturated/α-hetero) is 1. The molecule has 0 atom stereocenters. The minimum atomic E-state index is -0.387. The normalized spacial score (nSPS) is 13.9. The molecule has 1 heterocycles. The third-order valence-corrected chi connectivity index (χ3v) is 2.85. The fourth-order valence-electron chi connectivity index (χ4n) is 1.74. The zero-order chi connectivity index (χ0) is 15.7. The minimum absolute atomic E-state index is 0.0729. The van der Waals surface area contributed by atoms with Crippen molar-refractivity contribution in [1.82, 2.24) is 10.2 Å². The summed E-state index contributed by atoms with van der Waals surface area (Å²) < 4.78 is 5.25. The van der Waals surface area contributed by atoms with Crippen LogP contribution in [0.15, 0.2) is 12.2 Å². The first kappa shape index (κ1) is 17.0. The molecule has 0 aromatic rings. The number of nitrogens with one attached hydrogen (secondary N) is 1. The first-order valence-electron chi connectivity index (χ1n) is 6.88. The summed E-state index contributed by atoms with van der Waals surface area (Å²) in [5.74, 6) is -0.884. The maximum absolute atomic E-state index is 11.5. The first-order valence-corrected chi connectivity index (χ1v) is 6.88. The quantitative estimate of drug-likeness (QED) is 0.445. The molecule has 1 N–H and O–H groups in total. The van der Waals surface area contributed by atoms with E-state index in [0.29, 0.717) is 32.6 Å². The Morgan fingerprint density at radius 3 is 2.43 bits per heavy atom. The van der Waals surface area contributed by atoms with Crippen molar-refractivity contribution in [2.45, 2.75) is 26.2 Å². The summed E-state index contributed by atoms with van der Waals surface area (Å²) in [4.78, 5) is 45.7. The Morgan fingerprint density at radius 2 is 1.81 bits per heavy atom. The fraction of sp³-hybridized carbons (Fsp3) is 0.571. The molecule has 3 amide bonds. The van der Waals surface area contributed by atoms with Crippen molar-refractivity contribution >= 4 is 23.5 Å². The van der Waals surface area contributed by atoms with Crippen molar-refractivity contribution in [2.24, 2.45) is 0 Å². The summed E-state index contributed by atoms with van der Waals surface area (Å²) in [6, 6.07) is 0. The highest BCUT2D eigenvalue weighted by molar-refractivity contribution is 6.13. The number of carbonyl (C=O) groups is 4. The Labute approximate surface area is 123 Å². The largest absolute Gasteiger partial charge is 0.380 e. The lowest BCUT2D eigenvalue weighted by atomic mass is 10.2. The molecule has 0 unspecified atom stereocenters. The molecule has 0 aromatic heterocycles. The molecule has 0 spiro atoms. The van der Waals surface area contributed by atoms with Gasteiger partial charge in [0.05, 0.1) is 6.61 Å². The molecule has 0 saturated carbocycles. The Bertz CT molecular complexity index is 427. The second kappa shape index (κ2) is 9.02. The summed E-state index contributed by atoms with van der Waals surface area (Å²) in [5, 5.41) is 2.64. The molecule has 7 nitrogen and oxygen atoms in total. The second-order valence-corrected chi connectivity index (χ2v) is 4.68. The lowest BCUT2D eigenvalue weighted by Crippen LogP contribution is -2.35. The highest BCUT2D eigenvalue weighted by Gasteiger charge is 2.23. The van der Waals surface area contributed by atoms with E-state index in [9.17, 15) is 19.2 Å². The molecule has 1 rings (SSSR count). The van der Waals surface area contributed by atoms with Crippen LogP contribution in [0.2, 0.25) is 0 Å². The van der Waals surface area contributed by atoms with E-state index in [4.69, 9.17) is 4.74 Å². The van der Waals surface area contributed by atoms with Crippen molar-refractivity contribution in [3.05, 3.63) is 12.2 Å². The number of nitrogens with zero attached hydrogens (tertiary/aromatic N) is 1. The van der Waals surface area contributed by atoms with E-state index in [2.05, 4.69) is 5.32 Å². The van der Waals surface area contributed by atoms with Gasteiger partial charge in [0, 0.05) is 44.7 Å². The maximum Gasteiger partial charge on any atom is 0.253 e. The molecular weight excluding hydrogens is 276 g/mol. The molecule has 116 valence electrons. The summed E-state index contributed by atoms with van der Waals surface area (Å²) in [6.45, 7) is 2.82. The van der Waals surface area contributed by atoms with E-state index in [1.165, 1.54) is 19.1 Å². The smallest absolute Gasteiger partial charge is 0.253 e. The summed E-state index contributed by atoms with van der Waals surface area (Å²) >= 11 is 0. The Hall–Kier alpha value is -2.02. The Balaban J connectivity index is 2.00. The van der Waals surface area contributed by atoms with Gasteiger partial charge >= 0.3 is 0 Å². The number of hydrogen-bond donors (Lipinski definition) is 1. The standard InChI is InChI=1S/C14H20N2O5/c1-11(17)3-2-9-21-10-7-15-12(18)6-8-16-13(19)4-5-14(16)20/h4-5H,2-3,6-10H2,1H3,(H,15,18). The van der Waals surface area contributed by atoms with Crippen LogP contribution in [0.4, 0.5) is 0 Å². The van der Waals surface area contributed by atoms with Crippen molar-refractivity contribution in [1.29, 1.82) is 0 Å². The van der Waals surface area contributed by atoms with E-state index in [1.807, 2.05) is 0 Å². The second-order valence-electron chi connectivity index (χ2n) is 4.68. The van der Waals surface area contributed by atoms with Crippen LogP contribution in [0, 0.1) is 0 Å². The number of rotatable bonds is 10. The zero-order valence-corrected chi connectivity index (χ0v) is 12.1. The maximum atomic E-state index is 11.5. The van der Waals surface area contributed by atoms with Crippen LogP contribution in [-0.2, 0) is 23.9 Å². The lowest BCUT2D eigenvalue weighted by molar-refractivity contribution is -0.137. The van der Waals surface area contributed by atoms with Gasteiger partial charge in [0.1, 0.15) is 5.78 Å². The third-order valence-electron chi connectivity index (χ3n) is 2.85. The van der Waals surface area contributed by atoms with E-state index >= 15 is 0 Å². The average Bonchev–Trinajstić information content (AvgIpc) is 2.74. The number of ether oxygens (including phenoxy) is 1. The predicted octanol–water partition coefficient (Wildman–Crippen LogP) is -0.196. The number of hydrogen-bond acceptors (Lipinski definition) is 5. The van der Waals surface area contributed by atoms with Gasteiger partial charge in [-0.15, -0.1) is 0 Å². The molecular formula is C14H20N2O5. The molecule has 7 heteroatoms. The predicted molar refractivity (Wildman–Crippen MR) is 74.2 cm³/mol. The van der Waals surface area contributed by atoms with Gasteiger partial charge in [0.15, 0.2) is 0 Å². The number of imide groups is 1. The van der Waals surface area contributed by atoms with Gasteiger partial charge in [0.25, 0.3) is 11.8 Å². The topological polar surface area (TPSA) is 92.8 Å². The molecule has 0 aliphatic carbocycles. The Morgan fingerprint density at radius 1 is 1.14 bits per heavy atom. The zero-order valence-electron chi connectivity index (χ0n) is 12.1. The van der Waals surface area contributed by atoms with E-state index in [-0.39, 0.29) is 36.5 Å². The lowest BCUT2D eigenvalue weighted by Gasteiger charge is -2.13. The van der Waals surface area contributed by atoms with Crippen LogP contribution in [0.5, 0.6) is 0 Å². The van der Waals surface area contributed by atoms with E-state index < -0.39 is 0 Å². The van der Waals surface area contributed by atoms with Crippen LogP contribution < -0.4 is 5.32 Å². The van der Waals surface area contributed by atoms with Gasteiger partial charge in [-0.05, 0) is 13.3 Å². The molecule has 0 bridgehead atoms.